The zero-order valence-corrected chi connectivity index (χ0v) is 11.8. The topological polar surface area (TPSA) is 42.1 Å². The van der Waals surface area contributed by atoms with E-state index in [9.17, 15) is 4.79 Å². The van der Waals surface area contributed by atoms with Gasteiger partial charge in [0.05, 0.1) is 12.2 Å². The zero-order valence-electron chi connectivity index (χ0n) is 11.8. The number of esters is 1. The predicted molar refractivity (Wildman–Crippen MR) is 76.4 cm³/mol. The van der Waals surface area contributed by atoms with Crippen molar-refractivity contribution in [2.75, 3.05) is 6.61 Å². The summed E-state index contributed by atoms with van der Waals surface area (Å²) in [7, 11) is 0. The van der Waals surface area contributed by atoms with E-state index in [2.05, 4.69) is 37.9 Å². The lowest BCUT2D eigenvalue weighted by Gasteiger charge is -2.12. The number of aromatic amines is 1. The summed E-state index contributed by atoms with van der Waals surface area (Å²) in [5, 5.41) is 0. The second-order valence-corrected chi connectivity index (χ2v) is 4.78. The van der Waals surface area contributed by atoms with E-state index in [1.54, 1.807) is 6.20 Å². The van der Waals surface area contributed by atoms with E-state index in [1.807, 2.05) is 13.1 Å². The first kappa shape index (κ1) is 13.4. The molecule has 1 heterocycles. The third-order valence-electron chi connectivity index (χ3n) is 3.19. The van der Waals surface area contributed by atoms with E-state index in [-0.39, 0.29) is 5.97 Å². The Labute approximate surface area is 113 Å². The molecule has 0 bridgehead atoms. The van der Waals surface area contributed by atoms with Gasteiger partial charge in [-0.05, 0) is 44.4 Å². The van der Waals surface area contributed by atoms with Gasteiger partial charge in [0.2, 0.25) is 0 Å². The van der Waals surface area contributed by atoms with Gasteiger partial charge in [0, 0.05) is 18.0 Å². The van der Waals surface area contributed by atoms with Gasteiger partial charge in [-0.1, -0.05) is 17.7 Å². The van der Waals surface area contributed by atoms with Crippen LogP contribution in [0.5, 0.6) is 0 Å². The van der Waals surface area contributed by atoms with Gasteiger partial charge >= 0.3 is 5.97 Å². The van der Waals surface area contributed by atoms with Crippen LogP contribution in [0.4, 0.5) is 0 Å². The van der Waals surface area contributed by atoms with Crippen molar-refractivity contribution in [1.29, 1.82) is 0 Å². The highest BCUT2D eigenvalue weighted by molar-refractivity contribution is 5.98. The quantitative estimate of drug-likeness (QED) is 0.850. The van der Waals surface area contributed by atoms with E-state index in [0.29, 0.717) is 12.2 Å². The summed E-state index contributed by atoms with van der Waals surface area (Å²) in [4.78, 5) is 15.0. The molecule has 0 unspecified atom stereocenters. The number of ether oxygens (including phenoxy) is 1. The molecular formula is C16H19NO2. The molecule has 0 radical (unpaired) electrons. The summed E-state index contributed by atoms with van der Waals surface area (Å²) in [6.07, 6.45) is 3.56. The smallest absolute Gasteiger partial charge is 0.340 e. The van der Waals surface area contributed by atoms with Crippen LogP contribution in [0.3, 0.4) is 0 Å². The number of nitrogens with one attached hydrogen (secondary N) is 1. The number of carbonyl (C=O) groups excluding carboxylic acids is 1. The van der Waals surface area contributed by atoms with Crippen molar-refractivity contribution in [2.45, 2.75) is 27.7 Å². The Hall–Kier alpha value is -2.03. The lowest BCUT2D eigenvalue weighted by atomic mass is 9.93. The lowest BCUT2D eigenvalue weighted by molar-refractivity contribution is 0.0527. The Balaban J connectivity index is 2.55. The minimum atomic E-state index is -0.280. The van der Waals surface area contributed by atoms with Gasteiger partial charge < -0.3 is 9.72 Å². The summed E-state index contributed by atoms with van der Waals surface area (Å²) in [6.45, 7) is 8.41. The van der Waals surface area contributed by atoms with Crippen LogP contribution in [-0.2, 0) is 4.74 Å². The lowest BCUT2D eigenvalue weighted by Crippen LogP contribution is -2.05. The molecule has 2 aromatic rings. The van der Waals surface area contributed by atoms with E-state index in [4.69, 9.17) is 4.74 Å². The zero-order chi connectivity index (χ0) is 14.0. The minimum absolute atomic E-state index is 0.280. The minimum Gasteiger partial charge on any atom is -0.462 e. The molecule has 0 amide bonds. The van der Waals surface area contributed by atoms with Gasteiger partial charge in [-0.2, -0.15) is 0 Å². The highest BCUT2D eigenvalue weighted by Gasteiger charge is 2.17. The number of H-pyrrole nitrogens is 1. The average Bonchev–Trinajstić information content (AvgIpc) is 2.77. The van der Waals surface area contributed by atoms with Crippen LogP contribution < -0.4 is 0 Å². The molecule has 0 spiro atoms. The van der Waals surface area contributed by atoms with Crippen molar-refractivity contribution < 1.29 is 9.53 Å². The molecule has 0 fully saturated rings. The summed E-state index contributed by atoms with van der Waals surface area (Å²) in [5.41, 5.74) is 6.18. The molecule has 0 aliphatic carbocycles. The Kier molecular flexibility index (Phi) is 3.74. The van der Waals surface area contributed by atoms with Crippen LogP contribution in [-0.4, -0.2) is 17.6 Å². The second kappa shape index (κ2) is 5.31. The van der Waals surface area contributed by atoms with Gasteiger partial charge in [-0.15, -0.1) is 0 Å². The van der Waals surface area contributed by atoms with Crippen molar-refractivity contribution >= 4 is 5.97 Å². The highest BCUT2D eigenvalue weighted by Crippen LogP contribution is 2.31. The number of hydrogen-bond acceptors (Lipinski definition) is 2. The normalized spacial score (nSPS) is 10.5. The number of carbonyl (C=O) groups is 1. The molecule has 1 N–H and O–H groups in total. The summed E-state index contributed by atoms with van der Waals surface area (Å²) in [6, 6.07) is 4.26. The van der Waals surface area contributed by atoms with Crippen LogP contribution in [0.2, 0.25) is 0 Å². The Morgan fingerprint density at radius 1 is 1.16 bits per heavy atom. The van der Waals surface area contributed by atoms with Crippen LogP contribution in [0, 0.1) is 20.8 Å². The number of benzene rings is 1. The van der Waals surface area contributed by atoms with Crippen LogP contribution in [0.1, 0.15) is 34.0 Å². The summed E-state index contributed by atoms with van der Waals surface area (Å²) >= 11 is 0. The maximum absolute atomic E-state index is 11.9. The van der Waals surface area contributed by atoms with Crippen molar-refractivity contribution in [3.8, 4) is 11.1 Å². The molecule has 1 aromatic heterocycles. The molecule has 0 aliphatic heterocycles. The Morgan fingerprint density at radius 3 is 2.37 bits per heavy atom. The van der Waals surface area contributed by atoms with Gasteiger partial charge in [0.25, 0.3) is 0 Å². The van der Waals surface area contributed by atoms with Crippen molar-refractivity contribution in [3.63, 3.8) is 0 Å². The highest BCUT2D eigenvalue weighted by atomic mass is 16.5. The van der Waals surface area contributed by atoms with E-state index in [0.717, 1.165) is 11.1 Å². The average molecular weight is 257 g/mol. The summed E-state index contributed by atoms with van der Waals surface area (Å²) < 4.78 is 5.09. The molecule has 0 atom stereocenters. The first-order valence-electron chi connectivity index (χ1n) is 6.46. The van der Waals surface area contributed by atoms with E-state index >= 15 is 0 Å². The Bertz CT molecular complexity index is 588. The molecule has 100 valence electrons. The van der Waals surface area contributed by atoms with Gasteiger partial charge in [0.1, 0.15) is 0 Å². The van der Waals surface area contributed by atoms with Crippen molar-refractivity contribution in [3.05, 3.63) is 46.8 Å². The number of rotatable bonds is 3. The molecule has 0 saturated carbocycles. The number of hydrogen-bond donors (Lipinski definition) is 1. The second-order valence-electron chi connectivity index (χ2n) is 4.78. The molecule has 2 rings (SSSR count). The molecular weight excluding hydrogens is 238 g/mol. The number of aromatic nitrogens is 1. The fourth-order valence-corrected chi connectivity index (χ4v) is 2.55. The third kappa shape index (κ3) is 2.55. The first-order valence-corrected chi connectivity index (χ1v) is 6.46. The van der Waals surface area contributed by atoms with Crippen molar-refractivity contribution in [2.24, 2.45) is 0 Å². The molecule has 19 heavy (non-hydrogen) atoms. The SMILES string of the molecule is CCOC(=O)c1c[nH]cc1-c1c(C)cc(C)cc1C. The molecule has 3 heteroatoms. The van der Waals surface area contributed by atoms with Gasteiger partial charge in [-0.25, -0.2) is 4.79 Å². The fraction of sp³-hybridized carbons (Fsp3) is 0.312. The summed E-state index contributed by atoms with van der Waals surface area (Å²) in [5.74, 6) is -0.280. The van der Waals surface area contributed by atoms with Gasteiger partial charge in [-0.3, -0.25) is 0 Å². The standard InChI is InChI=1S/C16H19NO2/c1-5-19-16(18)14-9-17-8-13(14)15-11(3)6-10(2)7-12(15)4/h6-9,17H,5H2,1-4H3. The van der Waals surface area contributed by atoms with Crippen LogP contribution in [0.15, 0.2) is 24.5 Å². The monoisotopic (exact) mass is 257 g/mol. The van der Waals surface area contributed by atoms with Crippen LogP contribution >= 0.6 is 0 Å². The van der Waals surface area contributed by atoms with Crippen molar-refractivity contribution in [1.82, 2.24) is 4.98 Å². The molecule has 3 nitrogen and oxygen atoms in total. The molecule has 0 aliphatic rings. The molecule has 0 saturated heterocycles. The van der Waals surface area contributed by atoms with E-state index in [1.165, 1.54) is 16.7 Å². The fourth-order valence-electron chi connectivity index (χ4n) is 2.55. The first-order chi connectivity index (χ1) is 9.04. The largest absolute Gasteiger partial charge is 0.462 e. The van der Waals surface area contributed by atoms with Gasteiger partial charge in [0.15, 0.2) is 0 Å². The molecule has 1 aromatic carbocycles. The predicted octanol–water partition coefficient (Wildman–Crippen LogP) is 3.78. The maximum atomic E-state index is 11.9. The number of aryl methyl sites for hydroxylation is 3. The Morgan fingerprint density at radius 2 is 1.79 bits per heavy atom. The third-order valence-corrected chi connectivity index (χ3v) is 3.19. The van der Waals surface area contributed by atoms with E-state index < -0.39 is 0 Å². The maximum Gasteiger partial charge on any atom is 0.340 e. The van der Waals surface area contributed by atoms with Crippen LogP contribution in [0.25, 0.3) is 11.1 Å².